The van der Waals surface area contributed by atoms with Crippen LogP contribution < -0.4 is 10.6 Å². The molecular formula is C33H33N3O4S2. The molecule has 4 saturated carbocycles. The Morgan fingerprint density at radius 1 is 1.02 bits per heavy atom. The van der Waals surface area contributed by atoms with Gasteiger partial charge in [0.2, 0.25) is 11.8 Å². The van der Waals surface area contributed by atoms with Crippen LogP contribution in [0.1, 0.15) is 82.5 Å². The first-order valence-electron chi connectivity index (χ1n) is 15.1. The summed E-state index contributed by atoms with van der Waals surface area (Å²) in [6, 6.07) is 13.4. The number of rotatable bonds is 6. The number of imide groups is 1. The summed E-state index contributed by atoms with van der Waals surface area (Å²) < 4.78 is 1.16. The van der Waals surface area contributed by atoms with Gasteiger partial charge in [0.05, 0.1) is 0 Å². The van der Waals surface area contributed by atoms with Crippen molar-refractivity contribution in [2.24, 2.45) is 17.8 Å². The van der Waals surface area contributed by atoms with Gasteiger partial charge in [-0.2, -0.15) is 0 Å². The Morgan fingerprint density at radius 3 is 2.52 bits per heavy atom. The molecule has 1 atom stereocenters. The van der Waals surface area contributed by atoms with E-state index in [9.17, 15) is 19.2 Å². The first kappa shape index (κ1) is 26.5. The normalized spacial score (nSPS) is 29.7. The van der Waals surface area contributed by atoms with E-state index in [0.29, 0.717) is 18.5 Å². The van der Waals surface area contributed by atoms with Gasteiger partial charge in [-0.15, -0.1) is 23.1 Å². The van der Waals surface area contributed by atoms with Gasteiger partial charge in [-0.25, -0.2) is 0 Å². The highest BCUT2D eigenvalue weighted by Crippen LogP contribution is 2.55. The highest BCUT2D eigenvalue weighted by Gasteiger charge is 2.51. The van der Waals surface area contributed by atoms with Gasteiger partial charge in [0.25, 0.3) is 11.8 Å². The fraction of sp³-hybridized carbons (Fsp3) is 0.455. The molecule has 4 aliphatic carbocycles. The molecule has 2 N–H and O–H groups in total. The largest absolute Gasteiger partial charge is 0.347 e. The van der Waals surface area contributed by atoms with E-state index in [2.05, 4.69) is 22.8 Å². The van der Waals surface area contributed by atoms with Crippen molar-refractivity contribution in [3.8, 4) is 0 Å². The van der Waals surface area contributed by atoms with Crippen LogP contribution in [-0.4, -0.2) is 40.1 Å². The van der Waals surface area contributed by atoms with Crippen LogP contribution in [0.2, 0.25) is 0 Å². The van der Waals surface area contributed by atoms with Gasteiger partial charge < -0.3 is 10.2 Å². The van der Waals surface area contributed by atoms with E-state index in [1.807, 2.05) is 30.3 Å². The SMILES string of the molecule is O=C1CCC(N2Cc3c(SCc4cc5cc(C(=O)NC67CC8CC(CC(C8)C6)C7)ccc5s4)cccc3C2=O)C(=O)N1. The smallest absolute Gasteiger partial charge is 0.255 e. The van der Waals surface area contributed by atoms with Crippen LogP contribution in [-0.2, 0) is 21.9 Å². The van der Waals surface area contributed by atoms with Crippen molar-refractivity contribution in [1.82, 2.24) is 15.5 Å². The predicted octanol–water partition coefficient (Wildman–Crippen LogP) is 5.65. The lowest BCUT2D eigenvalue weighted by atomic mass is 9.53. The van der Waals surface area contributed by atoms with E-state index in [4.69, 9.17) is 0 Å². The van der Waals surface area contributed by atoms with Crippen molar-refractivity contribution in [3.63, 3.8) is 0 Å². The number of hydrogen-bond acceptors (Lipinski definition) is 6. The lowest BCUT2D eigenvalue weighted by Gasteiger charge is -2.56. The van der Waals surface area contributed by atoms with Gasteiger partial charge in [-0.3, -0.25) is 24.5 Å². The Hall–Kier alpha value is -3.17. The number of hydrogen-bond donors (Lipinski definition) is 2. The first-order valence-corrected chi connectivity index (χ1v) is 16.9. The fourth-order valence-electron chi connectivity index (χ4n) is 8.73. The monoisotopic (exact) mass is 599 g/mol. The van der Waals surface area contributed by atoms with E-state index in [1.165, 1.54) is 24.1 Å². The molecule has 9 rings (SSSR count). The zero-order valence-corrected chi connectivity index (χ0v) is 25.0. The second-order valence-corrected chi connectivity index (χ2v) is 15.3. The third kappa shape index (κ3) is 4.56. The van der Waals surface area contributed by atoms with Gasteiger partial charge in [-0.05, 0) is 110 Å². The summed E-state index contributed by atoms with van der Waals surface area (Å²) in [6.07, 6.45) is 8.12. The van der Waals surface area contributed by atoms with E-state index < -0.39 is 11.9 Å². The van der Waals surface area contributed by atoms with Gasteiger partial charge in [-0.1, -0.05) is 6.07 Å². The lowest BCUT2D eigenvalue weighted by molar-refractivity contribution is -0.136. The molecule has 9 heteroatoms. The maximum Gasteiger partial charge on any atom is 0.255 e. The maximum absolute atomic E-state index is 13.4. The van der Waals surface area contributed by atoms with E-state index in [-0.39, 0.29) is 29.7 Å². The van der Waals surface area contributed by atoms with Gasteiger partial charge in [0.15, 0.2) is 0 Å². The molecule has 1 unspecified atom stereocenters. The van der Waals surface area contributed by atoms with E-state index in [1.54, 1.807) is 28.0 Å². The van der Waals surface area contributed by atoms with Crippen molar-refractivity contribution < 1.29 is 19.2 Å². The van der Waals surface area contributed by atoms with Crippen LogP contribution in [0.25, 0.3) is 10.1 Å². The molecule has 1 saturated heterocycles. The Kier molecular flexibility index (Phi) is 6.26. The zero-order valence-electron chi connectivity index (χ0n) is 23.3. The highest BCUT2D eigenvalue weighted by molar-refractivity contribution is 7.98. The molecule has 0 spiro atoms. The number of nitrogens with one attached hydrogen (secondary N) is 2. The van der Waals surface area contributed by atoms with Crippen LogP contribution in [0, 0.1) is 17.8 Å². The standard InChI is InChI=1S/C33H33N3O4S2/c37-29-7-5-26(31(39)34-29)36-16-25-24(32(36)40)2-1-3-28(25)41-17-23-12-22-11-21(4-6-27(22)42-23)30(38)35-33-13-18-8-19(14-33)10-20(9-18)15-33/h1-4,6,11-12,18-20,26H,5,7-10,13-17H2,(H,35,38)(H,34,37,39). The van der Waals surface area contributed by atoms with E-state index in [0.717, 1.165) is 68.9 Å². The maximum atomic E-state index is 13.4. The third-order valence-corrected chi connectivity index (χ3v) is 12.6. The summed E-state index contributed by atoms with van der Waals surface area (Å²) in [7, 11) is 0. The summed E-state index contributed by atoms with van der Waals surface area (Å²) >= 11 is 3.43. The van der Waals surface area contributed by atoms with Crippen LogP contribution in [0.3, 0.4) is 0 Å². The second-order valence-electron chi connectivity index (χ2n) is 13.1. The number of amides is 4. The summed E-state index contributed by atoms with van der Waals surface area (Å²) in [4.78, 5) is 54.5. The van der Waals surface area contributed by atoms with Crippen LogP contribution in [0.15, 0.2) is 47.4 Å². The summed E-state index contributed by atoms with van der Waals surface area (Å²) in [6.45, 7) is 0.373. The van der Waals surface area contributed by atoms with Gasteiger partial charge in [0, 0.05) is 49.9 Å². The topological polar surface area (TPSA) is 95.6 Å². The Labute approximate surface area is 252 Å². The molecule has 4 bridgehead atoms. The molecule has 42 heavy (non-hydrogen) atoms. The molecule has 3 heterocycles. The Balaban J connectivity index is 0.958. The van der Waals surface area contributed by atoms with Crippen molar-refractivity contribution in [2.75, 3.05) is 0 Å². The van der Waals surface area contributed by atoms with Crippen molar-refractivity contribution >= 4 is 56.8 Å². The van der Waals surface area contributed by atoms with Gasteiger partial charge >= 0.3 is 0 Å². The average Bonchev–Trinajstić information content (AvgIpc) is 3.51. The quantitative estimate of drug-likeness (QED) is 0.282. The number of nitrogens with zero attached hydrogens (tertiary/aromatic N) is 1. The molecule has 7 nitrogen and oxygen atoms in total. The number of carbonyl (C=O) groups is 4. The van der Waals surface area contributed by atoms with Crippen LogP contribution >= 0.6 is 23.1 Å². The van der Waals surface area contributed by atoms with Gasteiger partial charge in [0.1, 0.15) is 6.04 Å². The molecule has 216 valence electrons. The van der Waals surface area contributed by atoms with Crippen molar-refractivity contribution in [3.05, 3.63) is 64.0 Å². The number of piperidine rings is 1. The fourth-order valence-corrected chi connectivity index (χ4v) is 10.9. The first-order chi connectivity index (χ1) is 20.3. The van der Waals surface area contributed by atoms with Crippen LogP contribution in [0.4, 0.5) is 0 Å². The number of carbonyl (C=O) groups excluding carboxylic acids is 4. The predicted molar refractivity (Wildman–Crippen MR) is 162 cm³/mol. The highest BCUT2D eigenvalue weighted by atomic mass is 32.2. The third-order valence-electron chi connectivity index (χ3n) is 10.2. The molecule has 0 radical (unpaired) electrons. The molecular weight excluding hydrogens is 567 g/mol. The molecule has 4 amide bonds. The van der Waals surface area contributed by atoms with Crippen LogP contribution in [0.5, 0.6) is 0 Å². The molecule has 1 aromatic heterocycles. The lowest BCUT2D eigenvalue weighted by Crippen LogP contribution is -2.59. The van der Waals surface area contributed by atoms with Crippen molar-refractivity contribution in [1.29, 1.82) is 0 Å². The Morgan fingerprint density at radius 2 is 1.79 bits per heavy atom. The Bertz CT molecular complexity index is 1630. The minimum atomic E-state index is -0.614. The average molecular weight is 600 g/mol. The minimum absolute atomic E-state index is 0.00234. The molecule has 6 aliphatic rings. The molecule has 5 fully saturated rings. The number of thioether (sulfide) groups is 1. The molecule has 2 aliphatic heterocycles. The van der Waals surface area contributed by atoms with E-state index >= 15 is 0 Å². The summed E-state index contributed by atoms with van der Waals surface area (Å²) in [5, 5.41) is 6.97. The zero-order chi connectivity index (χ0) is 28.6. The molecule has 3 aromatic rings. The summed E-state index contributed by atoms with van der Waals surface area (Å²) in [5.41, 5.74) is 2.32. The number of thiophene rings is 1. The minimum Gasteiger partial charge on any atom is -0.347 e. The van der Waals surface area contributed by atoms with Crippen molar-refractivity contribution in [2.45, 2.75) is 80.1 Å². The number of fused-ring (bicyclic) bond motifs is 2. The number of benzene rings is 2. The second kappa shape index (κ2) is 9.95. The molecule has 2 aromatic carbocycles. The summed E-state index contributed by atoms with van der Waals surface area (Å²) in [5.74, 6) is 2.36.